The number of hydrogen-bond donors (Lipinski definition) is 0. The van der Waals surface area contributed by atoms with Crippen LogP contribution in [-0.4, -0.2) is 11.6 Å². The molecule has 0 N–H and O–H groups in total. The summed E-state index contributed by atoms with van der Waals surface area (Å²) in [6.45, 7) is 0. The molecule has 0 aromatic heterocycles. The Morgan fingerprint density at radius 1 is 0.720 bits per heavy atom. The third-order valence-corrected chi connectivity index (χ3v) is 5.35. The second-order valence-corrected chi connectivity index (χ2v) is 7.08. The predicted molar refractivity (Wildman–Crippen MR) is 101 cm³/mol. The number of rotatable bonds is 5. The summed E-state index contributed by atoms with van der Waals surface area (Å²) in [7, 11) is 0. The van der Waals surface area contributed by atoms with Crippen LogP contribution >= 0.6 is 0 Å². The zero-order valence-electron chi connectivity index (χ0n) is 14.7. The van der Waals surface area contributed by atoms with Gasteiger partial charge < -0.3 is 0 Å². The Kier molecular flexibility index (Phi) is 6.16. The molecule has 2 aromatic carbocycles. The minimum atomic E-state index is -0.0321. The number of ketones is 2. The van der Waals surface area contributed by atoms with Crippen molar-refractivity contribution in [2.75, 3.05) is 0 Å². The zero-order chi connectivity index (χ0) is 17.5. The molecule has 0 bridgehead atoms. The normalized spacial score (nSPS) is 21.1. The topological polar surface area (TPSA) is 34.1 Å². The largest absolute Gasteiger partial charge is 0.294 e. The van der Waals surface area contributed by atoms with E-state index in [2.05, 4.69) is 0 Å². The van der Waals surface area contributed by atoms with Gasteiger partial charge in [0.1, 0.15) is 0 Å². The maximum Gasteiger partial charge on any atom is 0.166 e. The van der Waals surface area contributed by atoms with Crippen LogP contribution in [0.25, 0.3) is 0 Å². The molecular formula is C23H26O2. The van der Waals surface area contributed by atoms with Gasteiger partial charge in [0.05, 0.1) is 0 Å². The van der Waals surface area contributed by atoms with Crippen molar-refractivity contribution < 1.29 is 9.59 Å². The van der Waals surface area contributed by atoms with E-state index in [9.17, 15) is 9.59 Å². The Morgan fingerprint density at radius 2 is 1.28 bits per heavy atom. The lowest BCUT2D eigenvalue weighted by Gasteiger charge is -2.28. The highest BCUT2D eigenvalue weighted by Crippen LogP contribution is 2.33. The molecule has 1 saturated carbocycles. The highest BCUT2D eigenvalue weighted by Gasteiger charge is 2.31. The van der Waals surface area contributed by atoms with Gasteiger partial charge >= 0.3 is 0 Å². The van der Waals surface area contributed by atoms with E-state index in [-0.39, 0.29) is 23.4 Å². The third-order valence-electron chi connectivity index (χ3n) is 5.35. The lowest BCUT2D eigenvalue weighted by atomic mass is 9.75. The van der Waals surface area contributed by atoms with Crippen molar-refractivity contribution in [3.05, 3.63) is 71.8 Å². The quantitative estimate of drug-likeness (QED) is 0.654. The molecule has 1 fully saturated rings. The van der Waals surface area contributed by atoms with Crippen molar-refractivity contribution in [3.63, 3.8) is 0 Å². The molecule has 2 aromatic rings. The van der Waals surface area contributed by atoms with Gasteiger partial charge in [-0.25, -0.2) is 0 Å². The summed E-state index contributed by atoms with van der Waals surface area (Å²) in [6, 6.07) is 19.0. The molecule has 130 valence electrons. The second-order valence-electron chi connectivity index (χ2n) is 7.08. The van der Waals surface area contributed by atoms with Crippen LogP contribution in [0.3, 0.4) is 0 Å². The van der Waals surface area contributed by atoms with Crippen molar-refractivity contribution in [1.29, 1.82) is 0 Å². The van der Waals surface area contributed by atoms with Crippen LogP contribution in [0.4, 0.5) is 0 Å². The molecule has 2 heteroatoms. The Balaban J connectivity index is 1.79. The van der Waals surface area contributed by atoms with Gasteiger partial charge in [0.2, 0.25) is 0 Å². The van der Waals surface area contributed by atoms with Gasteiger partial charge in [-0.05, 0) is 18.8 Å². The third kappa shape index (κ3) is 4.66. The minimum absolute atomic E-state index is 0.0321. The molecule has 2 atom stereocenters. The number of Topliss-reactive ketones (excluding diaryl/α,β-unsaturated/α-hetero) is 2. The predicted octanol–water partition coefficient (Wildman–Crippen LogP) is 5.73. The van der Waals surface area contributed by atoms with Gasteiger partial charge in [0, 0.05) is 23.5 Å². The Labute approximate surface area is 150 Å². The first-order valence-electron chi connectivity index (χ1n) is 9.43. The molecule has 0 heterocycles. The summed E-state index contributed by atoms with van der Waals surface area (Å²) in [5, 5.41) is 0. The highest BCUT2D eigenvalue weighted by atomic mass is 16.1. The molecule has 25 heavy (non-hydrogen) atoms. The fourth-order valence-electron chi connectivity index (χ4n) is 3.95. The minimum Gasteiger partial charge on any atom is -0.294 e. The monoisotopic (exact) mass is 334 g/mol. The molecule has 0 radical (unpaired) electrons. The van der Waals surface area contributed by atoms with E-state index in [0.29, 0.717) is 6.42 Å². The van der Waals surface area contributed by atoms with E-state index < -0.39 is 0 Å². The van der Waals surface area contributed by atoms with Crippen molar-refractivity contribution in [1.82, 2.24) is 0 Å². The first kappa shape index (κ1) is 17.6. The molecule has 0 spiro atoms. The summed E-state index contributed by atoms with van der Waals surface area (Å²) in [5.74, 6) is 0.501. The highest BCUT2D eigenvalue weighted by molar-refractivity contribution is 5.99. The van der Waals surface area contributed by atoms with Crippen LogP contribution in [-0.2, 0) is 0 Å². The smallest absolute Gasteiger partial charge is 0.166 e. The van der Waals surface area contributed by atoms with Crippen LogP contribution < -0.4 is 0 Å². The van der Waals surface area contributed by atoms with Gasteiger partial charge in [0.15, 0.2) is 11.6 Å². The summed E-state index contributed by atoms with van der Waals surface area (Å²) < 4.78 is 0. The lowest BCUT2D eigenvalue weighted by molar-refractivity contribution is 0.0805. The Bertz CT molecular complexity index is 691. The van der Waals surface area contributed by atoms with Crippen LogP contribution in [0.2, 0.25) is 0 Å². The van der Waals surface area contributed by atoms with E-state index in [1.165, 1.54) is 12.8 Å². The fourth-order valence-corrected chi connectivity index (χ4v) is 3.95. The maximum absolute atomic E-state index is 13.1. The average Bonchev–Trinajstić information content (AvgIpc) is 2.65. The fraction of sp³-hybridized carbons (Fsp3) is 0.391. The van der Waals surface area contributed by atoms with Crippen molar-refractivity contribution in [2.45, 2.75) is 44.9 Å². The van der Waals surface area contributed by atoms with E-state index in [0.717, 1.165) is 36.8 Å². The maximum atomic E-state index is 13.1. The van der Waals surface area contributed by atoms with E-state index in [1.807, 2.05) is 60.7 Å². The molecule has 2 nitrogen and oxygen atoms in total. The number of carbonyl (C=O) groups excluding carboxylic acids is 2. The summed E-state index contributed by atoms with van der Waals surface area (Å²) in [6.07, 6.45) is 6.96. The van der Waals surface area contributed by atoms with Crippen LogP contribution in [0, 0.1) is 11.8 Å². The second kappa shape index (κ2) is 8.75. The zero-order valence-corrected chi connectivity index (χ0v) is 14.7. The van der Waals surface area contributed by atoms with Crippen molar-refractivity contribution >= 4 is 11.6 Å². The molecule has 0 amide bonds. The van der Waals surface area contributed by atoms with Crippen LogP contribution in [0.15, 0.2) is 60.7 Å². The van der Waals surface area contributed by atoms with E-state index in [4.69, 9.17) is 0 Å². The molecule has 0 aliphatic heterocycles. The number of benzene rings is 2. The van der Waals surface area contributed by atoms with Crippen LogP contribution in [0.5, 0.6) is 0 Å². The van der Waals surface area contributed by atoms with Crippen LogP contribution in [0.1, 0.15) is 65.7 Å². The van der Waals surface area contributed by atoms with Gasteiger partial charge in [-0.3, -0.25) is 9.59 Å². The lowest BCUT2D eigenvalue weighted by Crippen LogP contribution is -2.27. The molecule has 0 unspecified atom stereocenters. The summed E-state index contributed by atoms with van der Waals surface area (Å²) in [5.41, 5.74) is 1.54. The molecular weight excluding hydrogens is 308 g/mol. The van der Waals surface area contributed by atoms with Gasteiger partial charge in [0.25, 0.3) is 0 Å². The first-order chi connectivity index (χ1) is 12.3. The molecule has 3 rings (SSSR count). The number of carbonyl (C=O) groups is 2. The van der Waals surface area contributed by atoms with E-state index in [1.54, 1.807) is 0 Å². The average molecular weight is 334 g/mol. The van der Waals surface area contributed by atoms with E-state index >= 15 is 0 Å². The van der Waals surface area contributed by atoms with Gasteiger partial charge in [-0.2, -0.15) is 0 Å². The number of hydrogen-bond acceptors (Lipinski definition) is 2. The Morgan fingerprint density at radius 3 is 1.92 bits per heavy atom. The van der Waals surface area contributed by atoms with Crippen molar-refractivity contribution in [2.24, 2.45) is 11.8 Å². The molecule has 1 aliphatic carbocycles. The molecule has 0 saturated heterocycles. The standard InChI is InChI=1S/C23H26O2/c24-22(18-11-6-3-7-12-18)17-20-15-5-1-2-10-16-21(20)23(25)19-13-8-4-9-14-19/h3-4,6-9,11-14,20-21H,1-2,5,10,15-17H2/t20-,21+/m1/s1. The van der Waals surface area contributed by atoms with Crippen molar-refractivity contribution in [3.8, 4) is 0 Å². The first-order valence-corrected chi connectivity index (χ1v) is 9.43. The molecule has 1 aliphatic rings. The summed E-state index contributed by atoms with van der Waals surface area (Å²) >= 11 is 0. The van der Waals surface area contributed by atoms with Gasteiger partial charge in [-0.15, -0.1) is 0 Å². The SMILES string of the molecule is O=C(C[C@H]1CCCCCC[C@@H]1C(=O)c1ccccc1)c1ccccc1. The Hall–Kier alpha value is -2.22. The van der Waals surface area contributed by atoms with Gasteiger partial charge in [-0.1, -0.05) is 86.3 Å². The summed E-state index contributed by atoms with van der Waals surface area (Å²) in [4.78, 5) is 25.8.